The maximum atomic E-state index is 13.2. The zero-order valence-corrected chi connectivity index (χ0v) is 16.3. The van der Waals surface area contributed by atoms with Gasteiger partial charge in [0.2, 0.25) is 11.7 Å². The first-order valence-electron chi connectivity index (χ1n) is 9.33. The summed E-state index contributed by atoms with van der Waals surface area (Å²) in [5.74, 6) is -3.20. The number of fused-ring (bicyclic) bond motifs is 1. The Morgan fingerprint density at radius 1 is 1.30 bits per heavy atom. The number of nitrogens with zero attached hydrogens (tertiary/aromatic N) is 2. The number of aliphatic imine (C=N–C) groups is 1. The molecule has 30 heavy (non-hydrogen) atoms. The van der Waals surface area contributed by atoms with Crippen LogP contribution in [0, 0.1) is 11.7 Å². The van der Waals surface area contributed by atoms with E-state index in [0.29, 0.717) is 16.9 Å². The second kappa shape index (κ2) is 7.90. The maximum absolute atomic E-state index is 13.2. The largest absolute Gasteiger partial charge is 0.462 e. The molecule has 3 aromatic rings. The number of ketones is 1. The van der Waals surface area contributed by atoms with Crippen molar-refractivity contribution in [3.63, 3.8) is 0 Å². The topological polar surface area (TPSA) is 93.6 Å². The molecule has 1 saturated heterocycles. The lowest BCUT2D eigenvalue weighted by Gasteiger charge is -2.10. The number of ether oxygens (including phenoxy) is 2. The number of aromatic amines is 1. The summed E-state index contributed by atoms with van der Waals surface area (Å²) in [4.78, 5) is 37.0. The smallest absolute Gasteiger partial charge is 0.326 e. The summed E-state index contributed by atoms with van der Waals surface area (Å²) in [5.41, 5.74) is 1.69. The van der Waals surface area contributed by atoms with E-state index in [-0.39, 0.29) is 11.7 Å². The first kappa shape index (κ1) is 19.5. The number of rotatable bonds is 4. The third-order valence-electron chi connectivity index (χ3n) is 4.39. The molecule has 0 saturated carbocycles. The molecule has 0 bridgehead atoms. The number of benzene rings is 1. The summed E-state index contributed by atoms with van der Waals surface area (Å²) in [6, 6.07) is 8.94. The van der Waals surface area contributed by atoms with Crippen LogP contribution in [0.3, 0.4) is 0 Å². The van der Waals surface area contributed by atoms with E-state index in [0.717, 1.165) is 5.39 Å². The number of hydrogen-bond donors (Lipinski definition) is 1. The van der Waals surface area contributed by atoms with Crippen molar-refractivity contribution in [2.24, 2.45) is 10.9 Å². The number of Topliss-reactive ketones (excluding diaryl/α,β-unsaturated/α-hetero) is 1. The molecule has 0 radical (unpaired) electrons. The van der Waals surface area contributed by atoms with Gasteiger partial charge in [-0.1, -0.05) is 0 Å². The molecule has 1 N–H and O–H groups in total. The number of nitrogens with one attached hydrogen (secondary N) is 1. The van der Waals surface area contributed by atoms with Crippen LogP contribution in [0.15, 0.2) is 59.5 Å². The Balaban J connectivity index is 1.74. The van der Waals surface area contributed by atoms with Gasteiger partial charge < -0.3 is 14.5 Å². The normalized spacial score (nSPS) is 19.1. The quantitative estimate of drug-likeness (QED) is 0.402. The monoisotopic (exact) mass is 407 g/mol. The number of carbonyl (C=O) groups is 2. The lowest BCUT2D eigenvalue weighted by Crippen LogP contribution is -2.29. The number of pyridine rings is 1. The van der Waals surface area contributed by atoms with Crippen molar-refractivity contribution in [3.8, 4) is 0 Å². The zero-order chi connectivity index (χ0) is 21.3. The average Bonchev–Trinajstić information content (AvgIpc) is 3.25. The molecular weight excluding hydrogens is 389 g/mol. The highest BCUT2D eigenvalue weighted by Gasteiger charge is 2.45. The third-order valence-corrected chi connectivity index (χ3v) is 4.39. The van der Waals surface area contributed by atoms with Crippen LogP contribution < -0.4 is 0 Å². The molecule has 1 unspecified atom stereocenters. The van der Waals surface area contributed by atoms with E-state index in [1.165, 1.54) is 30.3 Å². The minimum absolute atomic E-state index is 0.0358. The fraction of sp³-hybridized carbons (Fsp3) is 0.182. The highest BCUT2D eigenvalue weighted by Crippen LogP contribution is 2.29. The molecule has 8 heteroatoms. The first-order valence-corrected chi connectivity index (χ1v) is 9.33. The molecule has 3 heterocycles. The number of allylic oxidation sites excluding steroid dienone is 1. The molecule has 7 nitrogen and oxygen atoms in total. The summed E-state index contributed by atoms with van der Waals surface area (Å²) in [6.45, 7) is 3.37. The van der Waals surface area contributed by atoms with Gasteiger partial charge in [-0.25, -0.2) is 14.4 Å². The summed E-state index contributed by atoms with van der Waals surface area (Å²) >= 11 is 0. The maximum Gasteiger partial charge on any atom is 0.326 e. The Morgan fingerprint density at radius 2 is 2.07 bits per heavy atom. The van der Waals surface area contributed by atoms with Crippen molar-refractivity contribution in [1.29, 1.82) is 0 Å². The number of halogens is 1. The van der Waals surface area contributed by atoms with E-state index < -0.39 is 29.6 Å². The molecule has 152 valence electrons. The van der Waals surface area contributed by atoms with Gasteiger partial charge in [0.1, 0.15) is 11.5 Å². The predicted molar refractivity (Wildman–Crippen MR) is 108 cm³/mol. The molecule has 0 spiro atoms. The minimum atomic E-state index is -1.33. The van der Waals surface area contributed by atoms with Crippen LogP contribution in [0.5, 0.6) is 0 Å². The first-order chi connectivity index (χ1) is 14.4. The van der Waals surface area contributed by atoms with E-state index in [1.807, 2.05) is 6.07 Å². The van der Waals surface area contributed by atoms with Gasteiger partial charge in [-0.05, 0) is 56.3 Å². The summed E-state index contributed by atoms with van der Waals surface area (Å²) in [7, 11) is 0. The fourth-order valence-electron chi connectivity index (χ4n) is 3.05. The number of H-pyrrole nitrogens is 1. The highest BCUT2D eigenvalue weighted by molar-refractivity contribution is 6.27. The van der Waals surface area contributed by atoms with E-state index >= 15 is 0 Å². The summed E-state index contributed by atoms with van der Waals surface area (Å²) < 4.78 is 24.1. The van der Waals surface area contributed by atoms with Gasteiger partial charge in [0.25, 0.3) is 0 Å². The molecule has 1 aliphatic rings. The van der Waals surface area contributed by atoms with Crippen molar-refractivity contribution >= 4 is 40.4 Å². The summed E-state index contributed by atoms with van der Waals surface area (Å²) in [6.07, 6.45) is 4.46. The summed E-state index contributed by atoms with van der Waals surface area (Å²) in [5, 5.41) is 0.798. The van der Waals surface area contributed by atoms with Crippen LogP contribution in [0.1, 0.15) is 19.4 Å². The zero-order valence-electron chi connectivity index (χ0n) is 16.3. The van der Waals surface area contributed by atoms with Gasteiger partial charge in [-0.2, -0.15) is 0 Å². The second-order valence-electron chi connectivity index (χ2n) is 6.96. The molecule has 1 atom stereocenters. The van der Waals surface area contributed by atoms with Crippen LogP contribution >= 0.6 is 0 Å². The van der Waals surface area contributed by atoms with Crippen LogP contribution in [0.25, 0.3) is 17.1 Å². The van der Waals surface area contributed by atoms with Gasteiger partial charge in [0.05, 0.1) is 11.8 Å². The Kier molecular flexibility index (Phi) is 5.14. The van der Waals surface area contributed by atoms with Crippen molar-refractivity contribution in [2.75, 3.05) is 0 Å². The van der Waals surface area contributed by atoms with Gasteiger partial charge >= 0.3 is 5.97 Å². The SMILES string of the molecule is CC(C)OC(=O)C1C(=O)/C(=C/c2c[nH]c3ncccc23)OC1=Nc1ccc(F)cc1. The Hall–Kier alpha value is -3.81. The van der Waals surface area contributed by atoms with Crippen molar-refractivity contribution < 1.29 is 23.5 Å². The molecule has 0 amide bonds. The number of hydrogen-bond acceptors (Lipinski definition) is 6. The third kappa shape index (κ3) is 3.84. The fourth-order valence-corrected chi connectivity index (χ4v) is 3.05. The van der Waals surface area contributed by atoms with Crippen LogP contribution in [-0.2, 0) is 19.1 Å². The number of aromatic nitrogens is 2. The van der Waals surface area contributed by atoms with Crippen molar-refractivity contribution in [2.45, 2.75) is 20.0 Å². The lowest BCUT2D eigenvalue weighted by atomic mass is 10.0. The van der Waals surface area contributed by atoms with Gasteiger partial charge in [0.15, 0.2) is 11.7 Å². The van der Waals surface area contributed by atoms with Crippen molar-refractivity contribution in [1.82, 2.24) is 9.97 Å². The average molecular weight is 407 g/mol. The van der Waals surface area contributed by atoms with E-state index in [2.05, 4.69) is 15.0 Å². The second-order valence-corrected chi connectivity index (χ2v) is 6.96. The van der Waals surface area contributed by atoms with Crippen LogP contribution in [0.2, 0.25) is 0 Å². The Morgan fingerprint density at radius 3 is 2.80 bits per heavy atom. The van der Waals surface area contributed by atoms with Gasteiger partial charge in [-0.15, -0.1) is 0 Å². The van der Waals surface area contributed by atoms with Gasteiger partial charge in [0, 0.05) is 23.3 Å². The van der Waals surface area contributed by atoms with E-state index in [9.17, 15) is 14.0 Å². The standard InChI is InChI=1S/C22H18FN3O4/c1-12(2)29-22(28)18-19(27)17(10-13-11-25-20-16(13)4-3-9-24-20)30-21(18)26-15-7-5-14(23)6-8-15/h3-12,18H,1-2H3,(H,24,25)/b17-10-,26-21?. The molecule has 2 aromatic heterocycles. The van der Waals surface area contributed by atoms with Gasteiger partial charge in [-0.3, -0.25) is 9.59 Å². The molecule has 4 rings (SSSR count). The number of esters is 1. The van der Waals surface area contributed by atoms with Crippen LogP contribution in [0.4, 0.5) is 10.1 Å². The predicted octanol–water partition coefficient (Wildman–Crippen LogP) is 3.94. The molecular formula is C22H18FN3O4. The Labute approximate surface area is 171 Å². The van der Waals surface area contributed by atoms with Crippen molar-refractivity contribution in [3.05, 3.63) is 65.9 Å². The molecule has 1 aliphatic heterocycles. The van der Waals surface area contributed by atoms with Crippen LogP contribution in [-0.4, -0.2) is 33.7 Å². The molecule has 0 aliphatic carbocycles. The van der Waals surface area contributed by atoms with E-state index in [4.69, 9.17) is 9.47 Å². The Bertz CT molecular complexity index is 1180. The minimum Gasteiger partial charge on any atom is -0.462 e. The highest BCUT2D eigenvalue weighted by atomic mass is 19.1. The molecule has 1 fully saturated rings. The molecule has 1 aromatic carbocycles. The number of carbonyl (C=O) groups excluding carboxylic acids is 2. The van der Waals surface area contributed by atoms with E-state index in [1.54, 1.807) is 32.3 Å². The lowest BCUT2D eigenvalue weighted by molar-refractivity contribution is -0.151.